The lowest BCUT2D eigenvalue weighted by Gasteiger charge is -2.37. The van der Waals surface area contributed by atoms with E-state index >= 15 is 0 Å². The molecule has 1 aliphatic heterocycles. The number of carbonyl (C=O) groups is 1. The number of hydrogen-bond donors (Lipinski definition) is 1. The van der Waals surface area contributed by atoms with Gasteiger partial charge >= 0.3 is 0 Å². The van der Waals surface area contributed by atoms with E-state index in [0.717, 1.165) is 26.2 Å². The maximum atomic E-state index is 12.6. The maximum absolute atomic E-state index is 12.6. The second kappa shape index (κ2) is 9.55. The summed E-state index contributed by atoms with van der Waals surface area (Å²) in [6.07, 6.45) is 0. The molecule has 1 saturated heterocycles. The van der Waals surface area contributed by atoms with Crippen LogP contribution in [0.2, 0.25) is 0 Å². The zero-order chi connectivity index (χ0) is 19.9. The molecular formula is C22H27N3O2S. The first-order valence-electron chi connectivity index (χ1n) is 9.66. The van der Waals surface area contributed by atoms with Crippen molar-refractivity contribution in [2.75, 3.05) is 37.7 Å². The fourth-order valence-corrected chi connectivity index (χ4v) is 3.32. The summed E-state index contributed by atoms with van der Waals surface area (Å²) in [6.45, 7) is 8.11. The first-order chi connectivity index (χ1) is 13.5. The van der Waals surface area contributed by atoms with Gasteiger partial charge in [0.25, 0.3) is 5.91 Å². The van der Waals surface area contributed by atoms with Crippen LogP contribution in [0.15, 0.2) is 54.6 Å². The predicted molar refractivity (Wildman–Crippen MR) is 117 cm³/mol. The van der Waals surface area contributed by atoms with Crippen molar-refractivity contribution in [2.45, 2.75) is 13.8 Å². The normalized spacial score (nSPS) is 14.1. The van der Waals surface area contributed by atoms with Crippen LogP contribution in [-0.2, 0) is 0 Å². The number of piperazine rings is 1. The quantitative estimate of drug-likeness (QED) is 0.782. The Kier molecular flexibility index (Phi) is 6.87. The zero-order valence-corrected chi connectivity index (χ0v) is 17.2. The first-order valence-corrected chi connectivity index (χ1v) is 10.1. The third-order valence-corrected chi connectivity index (χ3v) is 4.95. The van der Waals surface area contributed by atoms with Gasteiger partial charge in [0.1, 0.15) is 5.75 Å². The van der Waals surface area contributed by atoms with Crippen molar-refractivity contribution >= 4 is 28.9 Å². The molecule has 5 nitrogen and oxygen atoms in total. The van der Waals surface area contributed by atoms with E-state index in [-0.39, 0.29) is 5.91 Å². The lowest BCUT2D eigenvalue weighted by molar-refractivity contribution is 0.0972. The molecule has 1 N–H and O–H groups in total. The number of thiocarbonyl (C=S) groups is 1. The van der Waals surface area contributed by atoms with Gasteiger partial charge in [-0.2, -0.15) is 0 Å². The summed E-state index contributed by atoms with van der Waals surface area (Å²) in [7, 11) is 0. The van der Waals surface area contributed by atoms with Crippen molar-refractivity contribution in [2.24, 2.45) is 5.92 Å². The van der Waals surface area contributed by atoms with E-state index in [4.69, 9.17) is 17.0 Å². The molecule has 0 aliphatic carbocycles. The minimum absolute atomic E-state index is 0.203. The molecule has 0 unspecified atom stereocenters. The third-order valence-electron chi connectivity index (χ3n) is 4.59. The number of carbonyl (C=O) groups excluding carboxylic acids is 1. The summed E-state index contributed by atoms with van der Waals surface area (Å²) in [5.74, 6) is 0.925. The Balaban J connectivity index is 1.52. The molecule has 3 rings (SSSR count). The van der Waals surface area contributed by atoms with Gasteiger partial charge in [0.15, 0.2) is 5.11 Å². The van der Waals surface area contributed by atoms with E-state index in [1.807, 2.05) is 35.2 Å². The van der Waals surface area contributed by atoms with Crippen LogP contribution >= 0.6 is 12.2 Å². The topological polar surface area (TPSA) is 44.8 Å². The molecule has 2 aromatic carbocycles. The van der Waals surface area contributed by atoms with Gasteiger partial charge in [0.2, 0.25) is 0 Å². The molecule has 6 heteroatoms. The summed E-state index contributed by atoms with van der Waals surface area (Å²) in [5.41, 5.74) is 1.77. The third kappa shape index (κ3) is 5.45. The Bertz CT molecular complexity index is 802. The second-order valence-corrected chi connectivity index (χ2v) is 7.69. The van der Waals surface area contributed by atoms with Crippen LogP contribution in [0.1, 0.15) is 24.2 Å². The van der Waals surface area contributed by atoms with Crippen LogP contribution in [0.3, 0.4) is 0 Å². The number of nitrogens with zero attached hydrogens (tertiary/aromatic N) is 2. The molecular weight excluding hydrogens is 370 g/mol. The van der Waals surface area contributed by atoms with Crippen molar-refractivity contribution in [1.82, 2.24) is 10.2 Å². The fourth-order valence-electron chi connectivity index (χ4n) is 3.04. The van der Waals surface area contributed by atoms with Gasteiger partial charge in [-0.1, -0.05) is 38.1 Å². The highest BCUT2D eigenvalue weighted by Crippen LogP contribution is 2.16. The maximum Gasteiger partial charge on any atom is 0.257 e. The largest absolute Gasteiger partial charge is 0.493 e. The van der Waals surface area contributed by atoms with E-state index in [2.05, 4.69) is 36.2 Å². The standard InChI is InChI=1S/C22H27N3O2S/c1-17(2)16-27-20-10-6-7-18(15-20)21(26)23-22(28)25-13-11-24(12-14-25)19-8-4-3-5-9-19/h3-10,15,17H,11-14,16H2,1-2H3,(H,23,26,28). The lowest BCUT2D eigenvalue weighted by atomic mass is 10.2. The minimum atomic E-state index is -0.203. The number of nitrogens with one attached hydrogen (secondary N) is 1. The molecule has 28 heavy (non-hydrogen) atoms. The number of benzene rings is 2. The molecule has 0 bridgehead atoms. The first kappa shape index (κ1) is 20.1. The van der Waals surface area contributed by atoms with Crippen LogP contribution < -0.4 is 15.0 Å². The smallest absolute Gasteiger partial charge is 0.257 e. The number of hydrogen-bond acceptors (Lipinski definition) is 4. The molecule has 1 heterocycles. The van der Waals surface area contributed by atoms with Crippen LogP contribution in [0, 0.1) is 5.92 Å². The number of amides is 1. The minimum Gasteiger partial charge on any atom is -0.493 e. The van der Waals surface area contributed by atoms with E-state index in [1.54, 1.807) is 12.1 Å². The lowest BCUT2D eigenvalue weighted by Crippen LogP contribution is -2.52. The Morgan fingerprint density at radius 3 is 2.46 bits per heavy atom. The average Bonchev–Trinajstić information content (AvgIpc) is 2.73. The van der Waals surface area contributed by atoms with E-state index < -0.39 is 0 Å². The highest BCUT2D eigenvalue weighted by Gasteiger charge is 2.20. The van der Waals surface area contributed by atoms with Gasteiger partial charge in [-0.15, -0.1) is 0 Å². The Hall–Kier alpha value is -2.60. The molecule has 0 saturated carbocycles. The van der Waals surface area contributed by atoms with Crippen LogP contribution in [0.4, 0.5) is 5.69 Å². The number of para-hydroxylation sites is 1. The highest BCUT2D eigenvalue weighted by atomic mass is 32.1. The van der Waals surface area contributed by atoms with Gasteiger partial charge < -0.3 is 14.5 Å². The number of ether oxygens (including phenoxy) is 1. The van der Waals surface area contributed by atoms with Crippen LogP contribution in [0.5, 0.6) is 5.75 Å². The van der Waals surface area contributed by atoms with Crippen molar-refractivity contribution < 1.29 is 9.53 Å². The Labute approximate surface area is 172 Å². The molecule has 148 valence electrons. The molecule has 0 spiro atoms. The van der Waals surface area contributed by atoms with Gasteiger partial charge in [0, 0.05) is 37.4 Å². The zero-order valence-electron chi connectivity index (χ0n) is 16.4. The average molecular weight is 398 g/mol. The molecule has 0 aromatic heterocycles. The highest BCUT2D eigenvalue weighted by molar-refractivity contribution is 7.80. The van der Waals surface area contributed by atoms with Gasteiger partial charge in [0.05, 0.1) is 6.61 Å². The molecule has 1 fully saturated rings. The molecule has 1 amide bonds. The summed E-state index contributed by atoms with van der Waals surface area (Å²) in [5, 5.41) is 3.33. The van der Waals surface area contributed by atoms with E-state index in [0.29, 0.717) is 29.0 Å². The molecule has 1 aliphatic rings. The van der Waals surface area contributed by atoms with Crippen LogP contribution in [-0.4, -0.2) is 48.7 Å². The van der Waals surface area contributed by atoms with Crippen molar-refractivity contribution in [3.63, 3.8) is 0 Å². The number of anilines is 1. The predicted octanol–water partition coefficient (Wildman–Crippen LogP) is 3.56. The van der Waals surface area contributed by atoms with Gasteiger partial charge in [-0.3, -0.25) is 10.1 Å². The summed E-state index contributed by atoms with van der Waals surface area (Å²) >= 11 is 5.47. The summed E-state index contributed by atoms with van der Waals surface area (Å²) in [6, 6.07) is 17.6. The molecule has 0 atom stereocenters. The SMILES string of the molecule is CC(C)COc1cccc(C(=O)NC(=S)N2CCN(c3ccccc3)CC2)c1. The molecule has 2 aromatic rings. The summed E-state index contributed by atoms with van der Waals surface area (Å²) < 4.78 is 5.70. The summed E-state index contributed by atoms with van der Waals surface area (Å²) in [4.78, 5) is 17.0. The van der Waals surface area contributed by atoms with E-state index in [1.165, 1.54) is 5.69 Å². The van der Waals surface area contributed by atoms with E-state index in [9.17, 15) is 4.79 Å². The van der Waals surface area contributed by atoms with Crippen molar-refractivity contribution in [3.8, 4) is 5.75 Å². The monoisotopic (exact) mass is 397 g/mol. The Morgan fingerprint density at radius 1 is 1.07 bits per heavy atom. The van der Waals surface area contributed by atoms with Gasteiger partial charge in [-0.05, 0) is 48.5 Å². The second-order valence-electron chi connectivity index (χ2n) is 7.30. The fraction of sp³-hybridized carbons (Fsp3) is 0.364. The number of rotatable bonds is 5. The van der Waals surface area contributed by atoms with Gasteiger partial charge in [-0.25, -0.2) is 0 Å². The molecule has 0 radical (unpaired) electrons. The van der Waals surface area contributed by atoms with Crippen molar-refractivity contribution in [1.29, 1.82) is 0 Å². The van der Waals surface area contributed by atoms with Crippen LogP contribution in [0.25, 0.3) is 0 Å². The van der Waals surface area contributed by atoms with Crippen molar-refractivity contribution in [3.05, 3.63) is 60.2 Å². The Morgan fingerprint density at radius 2 is 1.79 bits per heavy atom.